The summed E-state index contributed by atoms with van der Waals surface area (Å²) in [5.41, 5.74) is 0. The molecule has 0 saturated carbocycles. The number of carbonyl (C=O) groups excluding carboxylic acids is 1. The van der Waals surface area contributed by atoms with Crippen molar-refractivity contribution in [2.45, 2.75) is 32.0 Å². The molecule has 2 heterocycles. The molecule has 1 saturated heterocycles. The lowest BCUT2D eigenvalue weighted by molar-refractivity contribution is -0.149. The molecule has 0 aromatic carbocycles. The Morgan fingerprint density at radius 3 is 2.94 bits per heavy atom. The predicted molar refractivity (Wildman–Crippen MR) is 64.7 cm³/mol. The van der Waals surface area contributed by atoms with E-state index in [4.69, 9.17) is 9.84 Å². The third kappa shape index (κ3) is 3.05. The number of aliphatic carboxylic acids is 1. The molecule has 2 rings (SSSR count). The molecular weight excluding hydrogens is 256 g/mol. The van der Waals surface area contributed by atoms with Crippen LogP contribution < -0.4 is 5.32 Å². The topological polar surface area (TPSA) is 88.5 Å². The van der Waals surface area contributed by atoms with Gasteiger partial charge in [0.15, 0.2) is 6.10 Å². The molecule has 2 unspecified atom stereocenters. The number of aryl methyl sites for hydroxylation is 1. The quantitative estimate of drug-likeness (QED) is 0.845. The minimum Gasteiger partial charge on any atom is -0.479 e. The number of carboxylic acid groups (broad SMARTS) is 1. The maximum Gasteiger partial charge on any atom is 0.332 e. The molecule has 1 amide bonds. The second-order valence-corrected chi connectivity index (χ2v) is 5.35. The SMILES string of the molecule is Cc1ncc(C(=O)NCC2CCC(C(=O)O)O2)s1. The Labute approximate surface area is 108 Å². The van der Waals surface area contributed by atoms with E-state index in [2.05, 4.69) is 10.3 Å². The Morgan fingerprint density at radius 2 is 2.39 bits per heavy atom. The van der Waals surface area contributed by atoms with E-state index in [-0.39, 0.29) is 12.0 Å². The molecule has 1 aromatic heterocycles. The first-order chi connectivity index (χ1) is 8.56. The van der Waals surface area contributed by atoms with E-state index in [0.29, 0.717) is 24.3 Å². The second-order valence-electron chi connectivity index (χ2n) is 4.12. The van der Waals surface area contributed by atoms with E-state index in [0.717, 1.165) is 5.01 Å². The number of nitrogens with one attached hydrogen (secondary N) is 1. The highest BCUT2D eigenvalue weighted by Crippen LogP contribution is 2.19. The van der Waals surface area contributed by atoms with Crippen LogP contribution in [0.2, 0.25) is 0 Å². The van der Waals surface area contributed by atoms with Crippen molar-refractivity contribution in [3.63, 3.8) is 0 Å². The number of aromatic nitrogens is 1. The third-order valence-electron chi connectivity index (χ3n) is 2.72. The molecule has 2 atom stereocenters. The molecule has 7 heteroatoms. The van der Waals surface area contributed by atoms with Crippen molar-refractivity contribution >= 4 is 23.2 Å². The second kappa shape index (κ2) is 5.45. The first-order valence-electron chi connectivity index (χ1n) is 5.65. The Kier molecular flexibility index (Phi) is 3.93. The first kappa shape index (κ1) is 13.0. The van der Waals surface area contributed by atoms with Crippen molar-refractivity contribution in [3.05, 3.63) is 16.1 Å². The third-order valence-corrected chi connectivity index (χ3v) is 3.63. The summed E-state index contributed by atoms with van der Waals surface area (Å²) in [6, 6.07) is 0. The maximum absolute atomic E-state index is 11.7. The Bertz CT molecular complexity index is 460. The summed E-state index contributed by atoms with van der Waals surface area (Å²) >= 11 is 1.33. The van der Waals surface area contributed by atoms with E-state index in [1.807, 2.05) is 6.92 Å². The minimum atomic E-state index is -0.943. The van der Waals surface area contributed by atoms with Crippen molar-refractivity contribution in [2.24, 2.45) is 0 Å². The molecule has 98 valence electrons. The summed E-state index contributed by atoms with van der Waals surface area (Å²) in [5, 5.41) is 12.3. The predicted octanol–water partition coefficient (Wildman–Crippen LogP) is 0.814. The zero-order valence-electron chi connectivity index (χ0n) is 9.88. The largest absolute Gasteiger partial charge is 0.479 e. The molecular formula is C11H14N2O4S. The molecule has 18 heavy (non-hydrogen) atoms. The fourth-order valence-electron chi connectivity index (χ4n) is 1.80. The van der Waals surface area contributed by atoms with E-state index in [1.54, 1.807) is 0 Å². The van der Waals surface area contributed by atoms with Gasteiger partial charge in [-0.05, 0) is 19.8 Å². The summed E-state index contributed by atoms with van der Waals surface area (Å²) in [5.74, 6) is -1.13. The van der Waals surface area contributed by atoms with E-state index < -0.39 is 12.1 Å². The Morgan fingerprint density at radius 1 is 1.61 bits per heavy atom. The number of amides is 1. The fourth-order valence-corrected chi connectivity index (χ4v) is 2.49. The van der Waals surface area contributed by atoms with Gasteiger partial charge < -0.3 is 15.2 Å². The van der Waals surface area contributed by atoms with Gasteiger partial charge in [-0.15, -0.1) is 11.3 Å². The van der Waals surface area contributed by atoms with Gasteiger partial charge in [0.1, 0.15) is 4.88 Å². The summed E-state index contributed by atoms with van der Waals surface area (Å²) < 4.78 is 5.29. The average molecular weight is 270 g/mol. The first-order valence-corrected chi connectivity index (χ1v) is 6.47. The number of carbonyl (C=O) groups is 2. The number of hydrogen-bond acceptors (Lipinski definition) is 5. The number of hydrogen-bond donors (Lipinski definition) is 2. The number of thiazole rings is 1. The Balaban J connectivity index is 1.79. The van der Waals surface area contributed by atoms with Gasteiger partial charge in [0.25, 0.3) is 5.91 Å². The van der Waals surface area contributed by atoms with Crippen molar-refractivity contribution in [2.75, 3.05) is 6.54 Å². The van der Waals surface area contributed by atoms with Crippen molar-refractivity contribution < 1.29 is 19.4 Å². The van der Waals surface area contributed by atoms with Gasteiger partial charge in [0.2, 0.25) is 0 Å². The van der Waals surface area contributed by atoms with Gasteiger partial charge in [-0.3, -0.25) is 4.79 Å². The van der Waals surface area contributed by atoms with Gasteiger partial charge in [0.05, 0.1) is 17.3 Å². The van der Waals surface area contributed by atoms with Crippen LogP contribution in [-0.2, 0) is 9.53 Å². The minimum absolute atomic E-state index is 0.192. The monoisotopic (exact) mass is 270 g/mol. The van der Waals surface area contributed by atoms with Crippen LogP contribution in [0.25, 0.3) is 0 Å². The number of nitrogens with zero attached hydrogens (tertiary/aromatic N) is 1. The summed E-state index contributed by atoms with van der Waals surface area (Å²) in [6.07, 6.45) is 1.72. The fraction of sp³-hybridized carbons (Fsp3) is 0.545. The van der Waals surface area contributed by atoms with Crippen LogP contribution in [-0.4, -0.2) is 40.7 Å². The van der Waals surface area contributed by atoms with E-state index in [1.165, 1.54) is 17.5 Å². The molecule has 0 spiro atoms. The van der Waals surface area contributed by atoms with Crippen molar-refractivity contribution in [3.8, 4) is 0 Å². The number of rotatable bonds is 4. The van der Waals surface area contributed by atoms with Crippen LogP contribution in [0.15, 0.2) is 6.20 Å². The van der Waals surface area contributed by atoms with Gasteiger partial charge >= 0.3 is 5.97 Å². The zero-order chi connectivity index (χ0) is 13.1. The standard InChI is InChI=1S/C11H14N2O4S/c1-6-12-5-9(18-6)10(14)13-4-7-2-3-8(17-7)11(15)16/h5,7-8H,2-4H2,1H3,(H,13,14)(H,15,16). The highest BCUT2D eigenvalue weighted by atomic mass is 32.1. The highest BCUT2D eigenvalue weighted by molar-refractivity contribution is 7.13. The van der Waals surface area contributed by atoms with Crippen LogP contribution in [0.1, 0.15) is 27.5 Å². The molecule has 6 nitrogen and oxygen atoms in total. The molecule has 0 aliphatic carbocycles. The zero-order valence-corrected chi connectivity index (χ0v) is 10.7. The van der Waals surface area contributed by atoms with Crippen LogP contribution in [0.3, 0.4) is 0 Å². The molecule has 1 aliphatic heterocycles. The van der Waals surface area contributed by atoms with Crippen LogP contribution >= 0.6 is 11.3 Å². The van der Waals surface area contributed by atoms with Crippen molar-refractivity contribution in [1.29, 1.82) is 0 Å². The Hall–Kier alpha value is -1.47. The number of carboxylic acids is 1. The van der Waals surface area contributed by atoms with Gasteiger partial charge in [-0.2, -0.15) is 0 Å². The maximum atomic E-state index is 11.7. The lowest BCUT2D eigenvalue weighted by atomic mass is 10.2. The van der Waals surface area contributed by atoms with E-state index in [9.17, 15) is 9.59 Å². The van der Waals surface area contributed by atoms with Crippen LogP contribution in [0.4, 0.5) is 0 Å². The molecule has 0 bridgehead atoms. The molecule has 1 aliphatic rings. The van der Waals surface area contributed by atoms with Gasteiger partial charge in [-0.25, -0.2) is 9.78 Å². The number of ether oxygens (including phenoxy) is 1. The van der Waals surface area contributed by atoms with E-state index >= 15 is 0 Å². The lowest BCUT2D eigenvalue weighted by Gasteiger charge is -2.11. The van der Waals surface area contributed by atoms with Gasteiger partial charge in [0, 0.05) is 6.54 Å². The summed E-state index contributed by atoms with van der Waals surface area (Å²) in [6.45, 7) is 2.17. The molecule has 0 radical (unpaired) electrons. The smallest absolute Gasteiger partial charge is 0.332 e. The summed E-state index contributed by atoms with van der Waals surface area (Å²) in [4.78, 5) is 27.0. The summed E-state index contributed by atoms with van der Waals surface area (Å²) in [7, 11) is 0. The molecule has 2 N–H and O–H groups in total. The van der Waals surface area contributed by atoms with Gasteiger partial charge in [-0.1, -0.05) is 0 Å². The average Bonchev–Trinajstić information content (AvgIpc) is 2.94. The highest BCUT2D eigenvalue weighted by Gasteiger charge is 2.30. The van der Waals surface area contributed by atoms with Crippen LogP contribution in [0.5, 0.6) is 0 Å². The van der Waals surface area contributed by atoms with Crippen molar-refractivity contribution in [1.82, 2.24) is 10.3 Å². The molecule has 1 fully saturated rings. The molecule has 1 aromatic rings. The van der Waals surface area contributed by atoms with Crippen LogP contribution in [0, 0.1) is 6.92 Å². The lowest BCUT2D eigenvalue weighted by Crippen LogP contribution is -2.32. The normalized spacial score (nSPS) is 22.9.